The third-order valence-corrected chi connectivity index (χ3v) is 7.34. The van der Waals surface area contributed by atoms with Gasteiger partial charge in [0.25, 0.3) is 0 Å². The van der Waals surface area contributed by atoms with Gasteiger partial charge in [-0.15, -0.1) is 0 Å². The fourth-order valence-electron chi connectivity index (χ4n) is 3.22. The Labute approximate surface area is 153 Å². The first kappa shape index (κ1) is 23.0. The minimum absolute atomic E-state index is 0.426. The van der Waals surface area contributed by atoms with Crippen molar-refractivity contribution in [3.63, 3.8) is 0 Å². The van der Waals surface area contributed by atoms with Crippen molar-refractivity contribution >= 4 is 8.32 Å². The van der Waals surface area contributed by atoms with E-state index in [0.717, 1.165) is 12.5 Å². The van der Waals surface area contributed by atoms with Crippen LogP contribution < -0.4 is 0 Å². The molecule has 5 unspecified atom stereocenters. The lowest BCUT2D eigenvalue weighted by Gasteiger charge is -2.42. The summed E-state index contributed by atoms with van der Waals surface area (Å²) in [5.41, 5.74) is 0. The molecule has 7 heteroatoms. The molecule has 1 aliphatic rings. The molecule has 1 aliphatic heterocycles. The number of hydrogen-bond acceptors (Lipinski definition) is 6. The fraction of sp³-hybridized carbons (Fsp3) is 1.00. The first-order valence-electron chi connectivity index (χ1n) is 9.80. The quantitative estimate of drug-likeness (QED) is 0.307. The van der Waals surface area contributed by atoms with E-state index in [-0.39, 0.29) is 0 Å². The smallest absolute Gasteiger partial charge is 0.190 e. The Balaban J connectivity index is 2.31. The lowest BCUT2D eigenvalue weighted by atomic mass is 10.00. The van der Waals surface area contributed by atoms with Crippen LogP contribution >= 0.6 is 0 Å². The summed E-state index contributed by atoms with van der Waals surface area (Å²) in [6.45, 7) is 5.93. The van der Waals surface area contributed by atoms with Gasteiger partial charge in [-0.3, -0.25) is 0 Å². The third kappa shape index (κ3) is 8.03. The summed E-state index contributed by atoms with van der Waals surface area (Å²) in [5.74, 6) is 0. The van der Waals surface area contributed by atoms with Gasteiger partial charge in [0.2, 0.25) is 0 Å². The second-order valence-electron chi connectivity index (χ2n) is 7.80. The van der Waals surface area contributed by atoms with Crippen LogP contribution in [0.1, 0.15) is 58.3 Å². The zero-order valence-electron chi connectivity index (χ0n) is 16.1. The lowest BCUT2D eigenvalue weighted by molar-refractivity contribution is -0.280. The number of unbranched alkanes of at least 4 members (excludes halogenated alkanes) is 7. The second kappa shape index (κ2) is 11.6. The molecule has 150 valence electrons. The molecule has 5 atom stereocenters. The summed E-state index contributed by atoms with van der Waals surface area (Å²) in [5, 5.41) is 39.0. The molecule has 1 fully saturated rings. The van der Waals surface area contributed by atoms with E-state index in [1.54, 1.807) is 0 Å². The van der Waals surface area contributed by atoms with Crippen molar-refractivity contribution in [2.24, 2.45) is 0 Å². The molecule has 0 amide bonds. The van der Waals surface area contributed by atoms with Crippen molar-refractivity contribution in [1.82, 2.24) is 0 Å². The summed E-state index contributed by atoms with van der Waals surface area (Å²) >= 11 is 0. The highest BCUT2D eigenvalue weighted by atomic mass is 28.4. The molecule has 0 aromatic heterocycles. The highest BCUT2D eigenvalue weighted by Crippen LogP contribution is 2.27. The number of aliphatic hydroxyl groups is 4. The van der Waals surface area contributed by atoms with Crippen LogP contribution in [0.2, 0.25) is 19.1 Å². The standard InChI is InChI=1S/C18H38O6Si/c1-4-5-6-7-8-9-10-11-12-25(2,3)24-18-17(22)16(21)15(20)14(13-19)23-18/h14-22H,4-13H2,1-3H3. The minimum atomic E-state index is -2.07. The minimum Gasteiger partial charge on any atom is -0.394 e. The molecule has 0 saturated carbocycles. The first-order chi connectivity index (χ1) is 11.8. The maximum atomic E-state index is 10.1. The average molecular weight is 379 g/mol. The topological polar surface area (TPSA) is 99.4 Å². The van der Waals surface area contributed by atoms with Crippen molar-refractivity contribution in [2.45, 2.75) is 108 Å². The van der Waals surface area contributed by atoms with E-state index in [2.05, 4.69) is 20.0 Å². The van der Waals surface area contributed by atoms with Crippen LogP contribution in [-0.2, 0) is 9.16 Å². The molecular formula is C18H38O6Si. The molecule has 25 heavy (non-hydrogen) atoms. The molecule has 1 rings (SSSR count). The largest absolute Gasteiger partial charge is 0.394 e. The normalized spacial score (nSPS) is 30.6. The molecule has 6 nitrogen and oxygen atoms in total. The Morgan fingerprint density at radius 1 is 0.840 bits per heavy atom. The van der Waals surface area contributed by atoms with Crippen molar-refractivity contribution in [2.75, 3.05) is 6.61 Å². The molecule has 1 saturated heterocycles. The number of ether oxygens (including phenoxy) is 1. The monoisotopic (exact) mass is 378 g/mol. The summed E-state index contributed by atoms with van der Waals surface area (Å²) in [7, 11) is -2.07. The van der Waals surface area contributed by atoms with E-state index < -0.39 is 45.6 Å². The van der Waals surface area contributed by atoms with Gasteiger partial charge in [-0.1, -0.05) is 58.3 Å². The zero-order valence-corrected chi connectivity index (χ0v) is 17.1. The highest BCUT2D eigenvalue weighted by molar-refractivity contribution is 6.71. The molecule has 0 bridgehead atoms. The predicted octanol–water partition coefficient (Wildman–Crippen LogP) is 2.15. The van der Waals surface area contributed by atoms with Gasteiger partial charge in [0, 0.05) is 0 Å². The lowest BCUT2D eigenvalue weighted by Crippen LogP contribution is -2.60. The van der Waals surface area contributed by atoms with Gasteiger partial charge in [-0.2, -0.15) is 0 Å². The molecule has 0 aromatic rings. The summed E-state index contributed by atoms with van der Waals surface area (Å²) in [6, 6.07) is 0.955. The van der Waals surface area contributed by atoms with Crippen LogP contribution in [-0.4, -0.2) is 66.1 Å². The van der Waals surface area contributed by atoms with Crippen LogP contribution in [0.15, 0.2) is 0 Å². The second-order valence-corrected chi connectivity index (χ2v) is 12.1. The van der Waals surface area contributed by atoms with Gasteiger partial charge in [-0.25, -0.2) is 0 Å². The Bertz CT molecular complexity index is 352. The summed E-state index contributed by atoms with van der Waals surface area (Å²) in [4.78, 5) is 0. The van der Waals surface area contributed by atoms with Crippen LogP contribution in [0.25, 0.3) is 0 Å². The summed E-state index contributed by atoms with van der Waals surface area (Å²) in [6.07, 6.45) is 4.14. The van der Waals surface area contributed by atoms with Crippen molar-refractivity contribution in [3.05, 3.63) is 0 Å². The van der Waals surface area contributed by atoms with Gasteiger partial charge >= 0.3 is 0 Å². The van der Waals surface area contributed by atoms with Crippen LogP contribution in [0, 0.1) is 0 Å². The van der Waals surface area contributed by atoms with Crippen LogP contribution in [0.4, 0.5) is 0 Å². The Kier molecular flexibility index (Phi) is 10.7. The van der Waals surface area contributed by atoms with Crippen LogP contribution in [0.5, 0.6) is 0 Å². The Morgan fingerprint density at radius 3 is 1.96 bits per heavy atom. The predicted molar refractivity (Wildman–Crippen MR) is 99.8 cm³/mol. The SMILES string of the molecule is CCCCCCCCCC[Si](C)(C)OC1OC(CO)C(O)C(O)C1O. The van der Waals surface area contributed by atoms with Crippen LogP contribution in [0.3, 0.4) is 0 Å². The Hall–Kier alpha value is -0.0231. The molecule has 1 heterocycles. The molecule has 0 aromatic carbocycles. The first-order valence-corrected chi connectivity index (χ1v) is 12.9. The number of aliphatic hydroxyl groups excluding tert-OH is 4. The van der Waals surface area contributed by atoms with E-state index in [9.17, 15) is 20.4 Å². The van der Waals surface area contributed by atoms with E-state index >= 15 is 0 Å². The van der Waals surface area contributed by atoms with Gasteiger partial charge in [0.15, 0.2) is 14.6 Å². The fourth-order valence-corrected chi connectivity index (χ4v) is 5.27. The van der Waals surface area contributed by atoms with Gasteiger partial charge in [0.05, 0.1) is 6.61 Å². The molecule has 0 aliphatic carbocycles. The molecule has 0 radical (unpaired) electrons. The molecular weight excluding hydrogens is 340 g/mol. The average Bonchev–Trinajstić information content (AvgIpc) is 2.57. The van der Waals surface area contributed by atoms with Crippen molar-refractivity contribution in [1.29, 1.82) is 0 Å². The zero-order chi connectivity index (χ0) is 18.9. The number of hydrogen-bond donors (Lipinski definition) is 4. The maximum Gasteiger partial charge on any atom is 0.190 e. The van der Waals surface area contributed by atoms with Crippen molar-refractivity contribution < 1.29 is 29.6 Å². The van der Waals surface area contributed by atoms with Crippen molar-refractivity contribution in [3.8, 4) is 0 Å². The number of rotatable bonds is 12. The van der Waals surface area contributed by atoms with E-state index in [0.29, 0.717) is 0 Å². The van der Waals surface area contributed by atoms with Gasteiger partial charge < -0.3 is 29.6 Å². The Morgan fingerprint density at radius 2 is 1.40 bits per heavy atom. The van der Waals surface area contributed by atoms with Gasteiger partial charge in [0.1, 0.15) is 24.4 Å². The van der Waals surface area contributed by atoms with Gasteiger partial charge in [-0.05, 0) is 19.1 Å². The molecule has 0 spiro atoms. The highest BCUT2D eigenvalue weighted by Gasteiger charge is 2.45. The van der Waals surface area contributed by atoms with E-state index in [4.69, 9.17) is 9.16 Å². The van der Waals surface area contributed by atoms with E-state index in [1.807, 2.05) is 0 Å². The summed E-state index contributed by atoms with van der Waals surface area (Å²) < 4.78 is 11.4. The molecule has 4 N–H and O–H groups in total. The maximum absolute atomic E-state index is 10.1. The van der Waals surface area contributed by atoms with E-state index in [1.165, 1.54) is 44.9 Å². The third-order valence-electron chi connectivity index (χ3n) is 4.92.